The second-order valence-electron chi connectivity index (χ2n) is 2.47. The summed E-state index contributed by atoms with van der Waals surface area (Å²) in [5.41, 5.74) is 0. The maximum absolute atomic E-state index is 4.20. The molecule has 0 fully saturated rings. The van der Waals surface area contributed by atoms with Crippen LogP contribution in [0.25, 0.3) is 6.20 Å². The Labute approximate surface area is 73.2 Å². The zero-order valence-electron chi connectivity index (χ0n) is 7.57. The molecule has 0 aliphatic rings. The van der Waals surface area contributed by atoms with Gasteiger partial charge < -0.3 is 4.57 Å². The normalized spacial score (nSPS) is 11.8. The van der Waals surface area contributed by atoms with Gasteiger partial charge in [0.1, 0.15) is 5.82 Å². The summed E-state index contributed by atoms with van der Waals surface area (Å²) < 4.78 is 2.03. The highest BCUT2D eigenvalue weighted by Gasteiger charge is 1.93. The molecule has 1 aromatic rings. The molecule has 64 valence electrons. The molecule has 12 heavy (non-hydrogen) atoms. The number of imidazole rings is 1. The smallest absolute Gasteiger partial charge is 0.112 e. The van der Waals surface area contributed by atoms with Gasteiger partial charge in [0.05, 0.1) is 0 Å². The van der Waals surface area contributed by atoms with Crippen molar-refractivity contribution < 1.29 is 0 Å². The summed E-state index contributed by atoms with van der Waals surface area (Å²) in [5.74, 6) is 1.09. The molecule has 0 saturated carbocycles. The molecule has 0 N–H and O–H groups in total. The van der Waals surface area contributed by atoms with Gasteiger partial charge in [-0.1, -0.05) is 19.1 Å². The average Bonchev–Trinajstić information content (AvgIpc) is 2.52. The third-order valence-electron chi connectivity index (χ3n) is 1.62. The van der Waals surface area contributed by atoms with E-state index in [1.165, 1.54) is 0 Å². The maximum atomic E-state index is 4.20. The van der Waals surface area contributed by atoms with Crippen molar-refractivity contribution in [3.05, 3.63) is 36.4 Å². The minimum Gasteiger partial charge on any atom is -0.311 e. The lowest BCUT2D eigenvalue weighted by Gasteiger charge is -1.96. The van der Waals surface area contributed by atoms with Gasteiger partial charge >= 0.3 is 0 Å². The lowest BCUT2D eigenvalue weighted by molar-refractivity contribution is 0.923. The second kappa shape index (κ2) is 4.54. The third-order valence-corrected chi connectivity index (χ3v) is 1.62. The Morgan fingerprint density at radius 3 is 3.00 bits per heavy atom. The van der Waals surface area contributed by atoms with Crippen molar-refractivity contribution >= 4 is 6.20 Å². The monoisotopic (exact) mass is 162 g/mol. The molecule has 2 heteroatoms. The molecule has 0 aliphatic heterocycles. The molecule has 0 amide bonds. The van der Waals surface area contributed by atoms with Crippen molar-refractivity contribution in [1.29, 1.82) is 0 Å². The van der Waals surface area contributed by atoms with Gasteiger partial charge in [0, 0.05) is 25.0 Å². The number of rotatable bonds is 3. The molecule has 1 aromatic heterocycles. The molecule has 0 bridgehead atoms. The van der Waals surface area contributed by atoms with Crippen LogP contribution in [-0.2, 0) is 6.42 Å². The molecule has 0 saturated heterocycles. The number of hydrogen-bond donors (Lipinski definition) is 0. The molecule has 0 spiro atoms. The van der Waals surface area contributed by atoms with E-state index in [2.05, 4.69) is 11.9 Å². The van der Waals surface area contributed by atoms with E-state index in [0.717, 1.165) is 12.2 Å². The summed E-state index contributed by atoms with van der Waals surface area (Å²) in [5, 5.41) is 0. The van der Waals surface area contributed by atoms with Gasteiger partial charge in [-0.15, -0.1) is 0 Å². The Balaban J connectivity index is 2.74. The first-order valence-corrected chi connectivity index (χ1v) is 4.19. The molecule has 0 aliphatic carbocycles. The highest BCUT2D eigenvalue weighted by molar-refractivity contribution is 5.29. The van der Waals surface area contributed by atoms with E-state index >= 15 is 0 Å². The number of allylic oxidation sites excluding steroid dienone is 3. The Morgan fingerprint density at radius 2 is 2.33 bits per heavy atom. The predicted octanol–water partition coefficient (Wildman–Crippen LogP) is 2.49. The summed E-state index contributed by atoms with van der Waals surface area (Å²) in [6.07, 6.45) is 12.7. The van der Waals surface area contributed by atoms with E-state index in [9.17, 15) is 0 Å². The van der Waals surface area contributed by atoms with E-state index in [-0.39, 0.29) is 0 Å². The summed E-state index contributed by atoms with van der Waals surface area (Å²) in [7, 11) is 0. The zero-order valence-corrected chi connectivity index (χ0v) is 7.57. The van der Waals surface area contributed by atoms with Crippen molar-refractivity contribution in [2.45, 2.75) is 20.3 Å². The number of hydrogen-bond acceptors (Lipinski definition) is 1. The fourth-order valence-electron chi connectivity index (χ4n) is 1.01. The summed E-state index contributed by atoms with van der Waals surface area (Å²) >= 11 is 0. The standard InChI is InChI=1S/C10H14N2/c1-3-5-6-8-12-9-7-11-10(12)4-2/h3,5-9H,4H2,1-2H3/b5-3+,8-6-. The van der Waals surface area contributed by atoms with Crippen molar-refractivity contribution in [1.82, 2.24) is 9.55 Å². The Morgan fingerprint density at radius 1 is 1.50 bits per heavy atom. The van der Waals surface area contributed by atoms with Crippen LogP contribution in [0.5, 0.6) is 0 Å². The van der Waals surface area contributed by atoms with Crippen LogP contribution in [0, 0.1) is 0 Å². The van der Waals surface area contributed by atoms with Gasteiger partial charge in [-0.05, 0) is 13.0 Å². The third kappa shape index (κ3) is 2.09. The first-order valence-electron chi connectivity index (χ1n) is 4.19. The quantitative estimate of drug-likeness (QED) is 0.624. The lowest BCUT2D eigenvalue weighted by atomic mass is 10.4. The molecule has 1 rings (SSSR count). The first-order chi connectivity index (χ1) is 5.88. The van der Waals surface area contributed by atoms with E-state index in [1.54, 1.807) is 0 Å². The topological polar surface area (TPSA) is 17.8 Å². The Hall–Kier alpha value is -1.31. The van der Waals surface area contributed by atoms with Crippen LogP contribution >= 0.6 is 0 Å². The lowest BCUT2D eigenvalue weighted by Crippen LogP contribution is -1.92. The Bertz CT molecular complexity index is 282. The van der Waals surface area contributed by atoms with Gasteiger partial charge in [0.15, 0.2) is 0 Å². The molecule has 0 atom stereocenters. The number of nitrogens with zero attached hydrogens (tertiary/aromatic N) is 2. The van der Waals surface area contributed by atoms with Gasteiger partial charge in [0.2, 0.25) is 0 Å². The van der Waals surface area contributed by atoms with Gasteiger partial charge in [-0.25, -0.2) is 4.98 Å². The number of aryl methyl sites for hydroxylation is 1. The largest absolute Gasteiger partial charge is 0.311 e. The molecule has 1 heterocycles. The number of aromatic nitrogens is 2. The van der Waals surface area contributed by atoms with Crippen molar-refractivity contribution in [2.75, 3.05) is 0 Å². The molecule has 0 radical (unpaired) electrons. The van der Waals surface area contributed by atoms with Crippen molar-refractivity contribution in [2.24, 2.45) is 0 Å². The van der Waals surface area contributed by atoms with Crippen LogP contribution in [0.1, 0.15) is 19.7 Å². The van der Waals surface area contributed by atoms with Crippen LogP contribution < -0.4 is 0 Å². The van der Waals surface area contributed by atoms with Gasteiger partial charge in [0.25, 0.3) is 0 Å². The summed E-state index contributed by atoms with van der Waals surface area (Å²) in [6.45, 7) is 4.10. The van der Waals surface area contributed by atoms with E-state index in [1.807, 2.05) is 48.3 Å². The molecule has 0 aromatic carbocycles. The molecule has 2 nitrogen and oxygen atoms in total. The van der Waals surface area contributed by atoms with E-state index < -0.39 is 0 Å². The van der Waals surface area contributed by atoms with E-state index in [4.69, 9.17) is 0 Å². The van der Waals surface area contributed by atoms with E-state index in [0.29, 0.717) is 0 Å². The average molecular weight is 162 g/mol. The van der Waals surface area contributed by atoms with Crippen LogP contribution in [-0.4, -0.2) is 9.55 Å². The second-order valence-corrected chi connectivity index (χ2v) is 2.47. The van der Waals surface area contributed by atoms with Crippen LogP contribution in [0.3, 0.4) is 0 Å². The molecule has 0 unspecified atom stereocenters. The van der Waals surface area contributed by atoms with Crippen molar-refractivity contribution in [3.8, 4) is 0 Å². The summed E-state index contributed by atoms with van der Waals surface area (Å²) in [4.78, 5) is 4.20. The highest BCUT2D eigenvalue weighted by atomic mass is 15.0. The fraction of sp³-hybridized carbons (Fsp3) is 0.300. The van der Waals surface area contributed by atoms with Crippen LogP contribution in [0.4, 0.5) is 0 Å². The maximum Gasteiger partial charge on any atom is 0.112 e. The van der Waals surface area contributed by atoms with Gasteiger partial charge in [-0.2, -0.15) is 0 Å². The molecular weight excluding hydrogens is 148 g/mol. The first kappa shape index (κ1) is 8.78. The fourth-order valence-corrected chi connectivity index (χ4v) is 1.01. The highest BCUT2D eigenvalue weighted by Crippen LogP contribution is 1.98. The predicted molar refractivity (Wildman–Crippen MR) is 51.7 cm³/mol. The van der Waals surface area contributed by atoms with Crippen LogP contribution in [0.15, 0.2) is 30.6 Å². The van der Waals surface area contributed by atoms with Crippen molar-refractivity contribution in [3.63, 3.8) is 0 Å². The van der Waals surface area contributed by atoms with Crippen LogP contribution in [0.2, 0.25) is 0 Å². The minimum absolute atomic E-state index is 0.965. The molecular formula is C10H14N2. The Kier molecular flexibility index (Phi) is 3.33. The SMILES string of the molecule is C/C=C/C=C\n1ccnc1CC. The van der Waals surface area contributed by atoms with Gasteiger partial charge in [-0.3, -0.25) is 0 Å². The zero-order chi connectivity index (χ0) is 8.81. The summed E-state index contributed by atoms with van der Waals surface area (Å²) in [6, 6.07) is 0. The minimum atomic E-state index is 0.965.